The summed E-state index contributed by atoms with van der Waals surface area (Å²) in [5, 5.41) is 0. The van der Waals surface area contributed by atoms with Crippen LogP contribution in [-0.2, 0) is 10.3 Å². The van der Waals surface area contributed by atoms with Gasteiger partial charge in [-0.25, -0.2) is 13.6 Å². The van der Waals surface area contributed by atoms with Crippen molar-refractivity contribution in [3.63, 3.8) is 0 Å². The van der Waals surface area contributed by atoms with E-state index >= 15 is 0 Å². The molecule has 0 heterocycles. The summed E-state index contributed by atoms with van der Waals surface area (Å²) in [4.78, 5) is 11.4. The molecule has 5 heteroatoms. The second-order valence-corrected chi connectivity index (χ2v) is 3.62. The summed E-state index contributed by atoms with van der Waals surface area (Å²) in [7, 11) is 1.19. The minimum Gasteiger partial charge on any atom is -0.465 e. The summed E-state index contributed by atoms with van der Waals surface area (Å²) >= 11 is 0. The summed E-state index contributed by atoms with van der Waals surface area (Å²) in [6, 6.07) is 5.93. The lowest BCUT2D eigenvalue weighted by Crippen LogP contribution is -2.42. The van der Waals surface area contributed by atoms with Crippen LogP contribution >= 0.6 is 0 Å². The predicted molar refractivity (Wildman–Crippen MR) is 55.3 cm³/mol. The molecule has 0 aliphatic carbocycles. The highest BCUT2D eigenvalue weighted by Gasteiger charge is 2.35. The third-order valence-corrected chi connectivity index (χ3v) is 2.37. The molecule has 0 fully saturated rings. The average Bonchev–Trinajstić information content (AvgIpc) is 2.27. The molecule has 0 saturated carbocycles. The van der Waals surface area contributed by atoms with Gasteiger partial charge in [-0.15, -0.1) is 0 Å². The molecular formula is C11H13F2NO2. The van der Waals surface area contributed by atoms with Crippen molar-refractivity contribution in [1.82, 2.24) is 0 Å². The van der Waals surface area contributed by atoms with Crippen LogP contribution in [-0.4, -0.2) is 19.5 Å². The molecule has 1 atom stereocenters. The summed E-state index contributed by atoms with van der Waals surface area (Å²) < 4.78 is 30.0. The van der Waals surface area contributed by atoms with Crippen LogP contribution in [0.25, 0.3) is 0 Å². The number of esters is 1. The van der Waals surface area contributed by atoms with Gasteiger partial charge >= 0.3 is 5.97 Å². The number of hydrogen-bond acceptors (Lipinski definition) is 3. The molecule has 0 aliphatic rings. The van der Waals surface area contributed by atoms with Crippen LogP contribution in [0.1, 0.15) is 22.8 Å². The third kappa shape index (κ3) is 2.19. The molecular weight excluding hydrogens is 216 g/mol. The monoisotopic (exact) mass is 229 g/mol. The molecule has 0 saturated heterocycles. The van der Waals surface area contributed by atoms with Gasteiger partial charge in [-0.3, -0.25) is 0 Å². The molecule has 3 nitrogen and oxygen atoms in total. The Morgan fingerprint density at radius 2 is 2.00 bits per heavy atom. The van der Waals surface area contributed by atoms with Crippen LogP contribution in [0.2, 0.25) is 0 Å². The first kappa shape index (κ1) is 12.6. The largest absolute Gasteiger partial charge is 0.465 e. The molecule has 1 unspecified atom stereocenters. The zero-order chi connectivity index (χ0) is 12.3. The van der Waals surface area contributed by atoms with Crippen molar-refractivity contribution in [2.45, 2.75) is 18.9 Å². The Bertz CT molecular complexity index is 391. The van der Waals surface area contributed by atoms with E-state index in [9.17, 15) is 13.6 Å². The van der Waals surface area contributed by atoms with Crippen molar-refractivity contribution >= 4 is 5.97 Å². The van der Waals surface area contributed by atoms with E-state index in [1.54, 1.807) is 12.1 Å². The Hall–Kier alpha value is -1.49. The summed E-state index contributed by atoms with van der Waals surface area (Å²) in [6.45, 7) is 1.18. The van der Waals surface area contributed by atoms with Crippen LogP contribution in [0.15, 0.2) is 24.3 Å². The maximum atomic E-state index is 12.8. The van der Waals surface area contributed by atoms with E-state index in [1.807, 2.05) is 0 Å². The smallest absolute Gasteiger partial charge is 0.338 e. The SMILES string of the molecule is COC(=O)c1ccccc1C(C)(N)C(F)F. The van der Waals surface area contributed by atoms with Crippen LogP contribution in [0.4, 0.5) is 8.78 Å². The number of rotatable bonds is 3. The molecule has 0 aromatic heterocycles. The van der Waals surface area contributed by atoms with Crippen molar-refractivity contribution < 1.29 is 18.3 Å². The highest BCUT2D eigenvalue weighted by atomic mass is 19.3. The van der Waals surface area contributed by atoms with Gasteiger partial charge in [0, 0.05) is 0 Å². The Morgan fingerprint density at radius 1 is 1.44 bits per heavy atom. The first-order valence-corrected chi connectivity index (χ1v) is 4.66. The average molecular weight is 229 g/mol. The standard InChI is InChI=1S/C11H13F2NO2/c1-11(14,10(12)13)8-6-4-3-5-7(8)9(15)16-2/h3-6,10H,14H2,1-2H3. The normalized spacial score (nSPS) is 14.6. The number of carbonyl (C=O) groups is 1. The number of nitrogens with two attached hydrogens (primary N) is 1. The molecule has 0 amide bonds. The maximum Gasteiger partial charge on any atom is 0.338 e. The number of benzene rings is 1. The minimum atomic E-state index is -2.77. The quantitative estimate of drug-likeness (QED) is 0.805. The molecule has 0 bridgehead atoms. The van der Waals surface area contributed by atoms with Crippen LogP contribution in [0.5, 0.6) is 0 Å². The van der Waals surface area contributed by atoms with E-state index in [4.69, 9.17) is 5.73 Å². The van der Waals surface area contributed by atoms with Crippen molar-refractivity contribution in [1.29, 1.82) is 0 Å². The van der Waals surface area contributed by atoms with Gasteiger partial charge in [-0.05, 0) is 18.6 Å². The summed E-state index contributed by atoms with van der Waals surface area (Å²) in [5.74, 6) is -0.673. The summed E-state index contributed by atoms with van der Waals surface area (Å²) in [6.07, 6.45) is -2.77. The number of ether oxygens (including phenoxy) is 1. The first-order chi connectivity index (χ1) is 7.41. The molecule has 16 heavy (non-hydrogen) atoms. The van der Waals surface area contributed by atoms with E-state index in [-0.39, 0.29) is 11.1 Å². The highest BCUT2D eigenvalue weighted by molar-refractivity contribution is 5.91. The number of carbonyl (C=O) groups excluding carboxylic acids is 1. The van der Waals surface area contributed by atoms with E-state index in [2.05, 4.69) is 4.74 Å². The number of halogens is 2. The Balaban J connectivity index is 3.28. The molecule has 0 spiro atoms. The molecule has 1 aromatic rings. The Labute approximate surface area is 92.2 Å². The molecule has 0 aliphatic heterocycles. The van der Waals surface area contributed by atoms with Crippen LogP contribution in [0, 0.1) is 0 Å². The zero-order valence-corrected chi connectivity index (χ0v) is 9.04. The molecule has 1 aromatic carbocycles. The van der Waals surface area contributed by atoms with Gasteiger partial charge in [-0.1, -0.05) is 18.2 Å². The lowest BCUT2D eigenvalue weighted by molar-refractivity contribution is 0.0546. The Morgan fingerprint density at radius 3 is 2.50 bits per heavy atom. The van der Waals surface area contributed by atoms with Gasteiger partial charge in [0.15, 0.2) is 0 Å². The number of alkyl halides is 2. The van der Waals surface area contributed by atoms with Gasteiger partial charge in [0.2, 0.25) is 0 Å². The molecule has 1 rings (SSSR count). The van der Waals surface area contributed by atoms with E-state index in [0.29, 0.717) is 0 Å². The van der Waals surface area contributed by atoms with Gasteiger partial charge in [0.05, 0.1) is 12.7 Å². The second-order valence-electron chi connectivity index (χ2n) is 3.62. The fourth-order valence-corrected chi connectivity index (χ4v) is 1.36. The zero-order valence-electron chi connectivity index (χ0n) is 9.04. The lowest BCUT2D eigenvalue weighted by Gasteiger charge is -2.25. The van der Waals surface area contributed by atoms with Crippen LogP contribution < -0.4 is 5.73 Å². The van der Waals surface area contributed by atoms with Crippen molar-refractivity contribution in [2.75, 3.05) is 7.11 Å². The highest BCUT2D eigenvalue weighted by Crippen LogP contribution is 2.28. The first-order valence-electron chi connectivity index (χ1n) is 4.66. The van der Waals surface area contributed by atoms with Gasteiger partial charge < -0.3 is 10.5 Å². The molecule has 2 N–H and O–H groups in total. The lowest BCUT2D eigenvalue weighted by atomic mass is 9.89. The van der Waals surface area contributed by atoms with Crippen molar-refractivity contribution in [3.8, 4) is 0 Å². The van der Waals surface area contributed by atoms with Gasteiger partial charge in [0.25, 0.3) is 6.43 Å². The summed E-state index contributed by atoms with van der Waals surface area (Å²) in [5.41, 5.74) is 3.79. The fourth-order valence-electron chi connectivity index (χ4n) is 1.36. The number of methoxy groups -OCH3 is 1. The van der Waals surface area contributed by atoms with Gasteiger partial charge in [-0.2, -0.15) is 0 Å². The Kier molecular flexibility index (Phi) is 3.59. The molecule has 88 valence electrons. The maximum absolute atomic E-state index is 12.8. The topological polar surface area (TPSA) is 52.3 Å². The van der Waals surface area contributed by atoms with Crippen molar-refractivity contribution in [2.24, 2.45) is 5.73 Å². The van der Waals surface area contributed by atoms with Crippen LogP contribution in [0.3, 0.4) is 0 Å². The minimum absolute atomic E-state index is 0.0651. The predicted octanol–water partition coefficient (Wildman–Crippen LogP) is 1.91. The molecule has 0 radical (unpaired) electrons. The van der Waals surface area contributed by atoms with E-state index < -0.39 is 17.9 Å². The van der Waals surface area contributed by atoms with E-state index in [1.165, 1.54) is 26.2 Å². The second kappa shape index (κ2) is 4.57. The fraction of sp³-hybridized carbons (Fsp3) is 0.364. The third-order valence-electron chi connectivity index (χ3n) is 2.37. The van der Waals surface area contributed by atoms with Gasteiger partial charge in [0.1, 0.15) is 5.54 Å². The number of hydrogen-bond donors (Lipinski definition) is 1. The van der Waals surface area contributed by atoms with Crippen molar-refractivity contribution in [3.05, 3.63) is 35.4 Å². The van der Waals surface area contributed by atoms with E-state index in [0.717, 1.165) is 0 Å².